The Bertz CT molecular complexity index is 355. The van der Waals surface area contributed by atoms with Crippen LogP contribution in [0.1, 0.15) is 18.1 Å². The molecule has 72 valence electrons. The zero-order valence-corrected chi connectivity index (χ0v) is 8.53. The van der Waals surface area contributed by atoms with Crippen molar-refractivity contribution in [3.05, 3.63) is 53.1 Å². The maximum atomic E-state index is 10.1. The number of benzene rings is 1. The fourth-order valence-corrected chi connectivity index (χ4v) is 1.16. The van der Waals surface area contributed by atoms with Crippen LogP contribution in [0.5, 0.6) is 0 Å². The van der Waals surface area contributed by atoms with E-state index in [1.54, 1.807) is 6.08 Å². The van der Waals surface area contributed by atoms with Crippen LogP contribution in [0.4, 0.5) is 0 Å². The van der Waals surface area contributed by atoms with Crippen LogP contribution in [-0.4, -0.2) is 6.29 Å². The molecule has 14 heavy (non-hydrogen) atoms. The van der Waals surface area contributed by atoms with Gasteiger partial charge >= 0.3 is 0 Å². The molecule has 1 aromatic rings. The molecule has 0 fully saturated rings. The van der Waals surface area contributed by atoms with Crippen LogP contribution in [0.2, 0.25) is 0 Å². The van der Waals surface area contributed by atoms with Crippen molar-refractivity contribution in [2.75, 3.05) is 0 Å². The van der Waals surface area contributed by atoms with Crippen LogP contribution < -0.4 is 0 Å². The number of aryl methyl sites for hydroxylation is 1. The molecule has 0 atom stereocenters. The number of carbonyl (C=O) groups excluding carboxylic acids is 1. The predicted molar refractivity (Wildman–Crippen MR) is 60.0 cm³/mol. The number of hydrogen-bond acceptors (Lipinski definition) is 1. The van der Waals surface area contributed by atoms with Crippen molar-refractivity contribution >= 4 is 12.4 Å². The number of rotatable bonds is 3. The van der Waals surface area contributed by atoms with Crippen molar-refractivity contribution in [2.24, 2.45) is 0 Å². The van der Waals surface area contributed by atoms with E-state index in [9.17, 15) is 4.79 Å². The van der Waals surface area contributed by atoms with Gasteiger partial charge in [0.05, 0.1) is 0 Å². The van der Waals surface area contributed by atoms with Crippen molar-refractivity contribution in [1.29, 1.82) is 0 Å². The van der Waals surface area contributed by atoms with Crippen LogP contribution in [0, 0.1) is 6.92 Å². The minimum atomic E-state index is 0.784. The Morgan fingerprint density at radius 2 is 1.86 bits per heavy atom. The van der Waals surface area contributed by atoms with Gasteiger partial charge in [0.2, 0.25) is 0 Å². The molecule has 1 rings (SSSR count). The second-order valence-electron chi connectivity index (χ2n) is 3.29. The smallest absolute Gasteiger partial charge is 0.142 e. The first-order valence-corrected chi connectivity index (χ1v) is 4.59. The monoisotopic (exact) mass is 186 g/mol. The molecule has 1 aromatic carbocycles. The third-order valence-electron chi connectivity index (χ3n) is 1.91. The predicted octanol–water partition coefficient (Wildman–Crippen LogP) is 3.15. The molecular weight excluding hydrogens is 172 g/mol. The molecule has 0 saturated heterocycles. The van der Waals surface area contributed by atoms with Gasteiger partial charge in [-0.15, -0.1) is 0 Å². The summed E-state index contributed by atoms with van der Waals surface area (Å²) in [6, 6.07) is 8.27. The van der Waals surface area contributed by atoms with Crippen LogP contribution in [-0.2, 0) is 4.79 Å². The molecular formula is C13H14O. The Labute approximate surface area is 84.8 Å². The minimum absolute atomic E-state index is 0.784. The second kappa shape index (κ2) is 5.18. The topological polar surface area (TPSA) is 17.1 Å². The average Bonchev–Trinajstić information content (AvgIpc) is 2.18. The van der Waals surface area contributed by atoms with Gasteiger partial charge in [-0.3, -0.25) is 4.79 Å². The lowest BCUT2D eigenvalue weighted by molar-refractivity contribution is -0.104. The summed E-state index contributed by atoms with van der Waals surface area (Å²) in [6.45, 7) is 4.03. The van der Waals surface area contributed by atoms with Gasteiger partial charge in [-0.1, -0.05) is 47.6 Å². The van der Waals surface area contributed by atoms with Crippen molar-refractivity contribution in [3.63, 3.8) is 0 Å². The molecule has 0 aliphatic rings. The van der Waals surface area contributed by atoms with Crippen LogP contribution in [0.3, 0.4) is 0 Å². The molecule has 0 unspecified atom stereocenters. The largest absolute Gasteiger partial charge is 0.299 e. The summed E-state index contributed by atoms with van der Waals surface area (Å²) in [5.41, 5.74) is 3.48. The molecule has 0 aliphatic carbocycles. The van der Waals surface area contributed by atoms with E-state index in [0.29, 0.717) is 0 Å². The van der Waals surface area contributed by atoms with Gasteiger partial charge in [-0.25, -0.2) is 0 Å². The van der Waals surface area contributed by atoms with E-state index in [1.165, 1.54) is 11.6 Å². The lowest BCUT2D eigenvalue weighted by atomic mass is 10.1. The first-order valence-electron chi connectivity index (χ1n) is 4.59. The average molecular weight is 186 g/mol. The van der Waals surface area contributed by atoms with Crippen molar-refractivity contribution < 1.29 is 4.79 Å². The van der Waals surface area contributed by atoms with Crippen molar-refractivity contribution in [1.82, 2.24) is 0 Å². The van der Waals surface area contributed by atoms with Crippen molar-refractivity contribution in [3.8, 4) is 0 Å². The Balaban J connectivity index is 2.81. The Morgan fingerprint density at radius 3 is 2.43 bits per heavy atom. The van der Waals surface area contributed by atoms with E-state index in [1.807, 2.05) is 13.0 Å². The summed E-state index contributed by atoms with van der Waals surface area (Å²) in [7, 11) is 0. The molecule has 0 spiro atoms. The van der Waals surface area contributed by atoms with Gasteiger partial charge in [0, 0.05) is 0 Å². The molecule has 1 nitrogen and oxygen atoms in total. The lowest BCUT2D eigenvalue weighted by Crippen LogP contribution is -1.75. The van der Waals surface area contributed by atoms with Gasteiger partial charge in [-0.05, 0) is 25.5 Å². The summed E-state index contributed by atoms with van der Waals surface area (Å²) in [6.07, 6.45) is 6.12. The fourth-order valence-electron chi connectivity index (χ4n) is 1.16. The van der Waals surface area contributed by atoms with Gasteiger partial charge < -0.3 is 0 Å². The number of aldehydes is 1. The molecule has 0 radical (unpaired) electrons. The number of allylic oxidation sites excluding steroid dienone is 3. The number of carbonyl (C=O) groups is 1. The van der Waals surface area contributed by atoms with Gasteiger partial charge in [-0.2, -0.15) is 0 Å². The summed E-state index contributed by atoms with van der Waals surface area (Å²) < 4.78 is 0. The Hall–Kier alpha value is -1.63. The summed E-state index contributed by atoms with van der Waals surface area (Å²) >= 11 is 0. The third kappa shape index (κ3) is 3.40. The maximum Gasteiger partial charge on any atom is 0.142 e. The highest BCUT2D eigenvalue weighted by molar-refractivity contribution is 5.67. The summed E-state index contributed by atoms with van der Waals surface area (Å²) in [4.78, 5) is 10.1. The molecule has 0 bridgehead atoms. The lowest BCUT2D eigenvalue weighted by Gasteiger charge is -1.96. The third-order valence-corrected chi connectivity index (χ3v) is 1.91. The van der Waals surface area contributed by atoms with E-state index in [0.717, 1.165) is 17.4 Å². The molecule has 0 N–H and O–H groups in total. The zero-order chi connectivity index (χ0) is 10.4. The van der Waals surface area contributed by atoms with Gasteiger partial charge in [0.25, 0.3) is 0 Å². The summed E-state index contributed by atoms with van der Waals surface area (Å²) in [5.74, 6) is 0. The molecule has 0 heterocycles. The van der Waals surface area contributed by atoms with E-state index in [2.05, 4.69) is 31.2 Å². The minimum Gasteiger partial charge on any atom is -0.299 e. The van der Waals surface area contributed by atoms with E-state index in [-0.39, 0.29) is 0 Å². The normalized spacial score (nSPS) is 12.0. The molecule has 0 amide bonds. The van der Waals surface area contributed by atoms with Crippen LogP contribution in [0.25, 0.3) is 6.08 Å². The standard InChI is InChI=1S/C13H14O/c1-11-5-7-13(8-6-11)10-12(2)4-3-9-14/h3-10H,1-2H3/b4-3+,12-10+. The molecule has 1 heteroatoms. The first kappa shape index (κ1) is 10.5. The van der Waals surface area contributed by atoms with Crippen LogP contribution >= 0.6 is 0 Å². The fraction of sp³-hybridized carbons (Fsp3) is 0.154. The quantitative estimate of drug-likeness (QED) is 0.402. The van der Waals surface area contributed by atoms with E-state index >= 15 is 0 Å². The first-order chi connectivity index (χ1) is 6.72. The maximum absolute atomic E-state index is 10.1. The van der Waals surface area contributed by atoms with Crippen molar-refractivity contribution in [2.45, 2.75) is 13.8 Å². The molecule has 0 saturated carbocycles. The zero-order valence-electron chi connectivity index (χ0n) is 8.53. The Kier molecular flexibility index (Phi) is 3.86. The highest BCUT2D eigenvalue weighted by Crippen LogP contribution is 2.08. The van der Waals surface area contributed by atoms with E-state index < -0.39 is 0 Å². The van der Waals surface area contributed by atoms with Gasteiger partial charge in [0.15, 0.2) is 0 Å². The number of hydrogen-bond donors (Lipinski definition) is 0. The highest BCUT2D eigenvalue weighted by Gasteiger charge is 1.87. The SMILES string of the molecule is CC(/C=C/C=O)=C\c1ccc(C)cc1. The Morgan fingerprint density at radius 1 is 1.21 bits per heavy atom. The summed E-state index contributed by atoms with van der Waals surface area (Å²) in [5, 5.41) is 0. The highest BCUT2D eigenvalue weighted by atomic mass is 16.1. The van der Waals surface area contributed by atoms with Gasteiger partial charge in [0.1, 0.15) is 6.29 Å². The van der Waals surface area contributed by atoms with E-state index in [4.69, 9.17) is 0 Å². The second-order valence-corrected chi connectivity index (χ2v) is 3.29. The molecule has 0 aliphatic heterocycles. The van der Waals surface area contributed by atoms with Crippen LogP contribution in [0.15, 0.2) is 42.0 Å². The molecule has 0 aromatic heterocycles.